The Labute approximate surface area is 143 Å². The Morgan fingerprint density at radius 3 is 2.64 bits per heavy atom. The lowest BCUT2D eigenvalue weighted by atomic mass is 10.0. The zero-order valence-corrected chi connectivity index (χ0v) is 13.9. The van der Waals surface area contributed by atoms with Crippen molar-refractivity contribution in [2.45, 2.75) is 31.5 Å². The summed E-state index contributed by atoms with van der Waals surface area (Å²) in [6.45, 7) is 1.16. The van der Waals surface area contributed by atoms with E-state index in [9.17, 15) is 18.0 Å². The molecule has 9 heteroatoms. The molecule has 0 saturated carbocycles. The number of rotatable bonds is 4. The van der Waals surface area contributed by atoms with Crippen LogP contribution in [-0.2, 0) is 0 Å². The summed E-state index contributed by atoms with van der Waals surface area (Å²) < 4.78 is 36.9. The Morgan fingerprint density at radius 1 is 1.28 bits per heavy atom. The van der Waals surface area contributed by atoms with E-state index in [4.69, 9.17) is 0 Å². The van der Waals surface area contributed by atoms with E-state index in [-0.39, 0.29) is 18.5 Å². The van der Waals surface area contributed by atoms with Gasteiger partial charge in [-0.3, -0.25) is 4.79 Å². The quantitative estimate of drug-likeness (QED) is 0.915. The highest BCUT2D eigenvalue weighted by Crippen LogP contribution is 2.23. The number of hydrogen-bond donors (Lipinski definition) is 1. The van der Waals surface area contributed by atoms with E-state index in [0.29, 0.717) is 42.5 Å². The highest BCUT2D eigenvalue weighted by molar-refractivity contribution is 5.97. The smallest absolute Gasteiger partial charge is 0.339 e. The zero-order valence-electron chi connectivity index (χ0n) is 13.9. The van der Waals surface area contributed by atoms with Crippen LogP contribution in [0.5, 0.6) is 0 Å². The van der Waals surface area contributed by atoms with Crippen molar-refractivity contribution in [2.24, 2.45) is 0 Å². The van der Waals surface area contributed by atoms with E-state index in [1.165, 1.54) is 0 Å². The molecule has 1 aromatic heterocycles. The third-order valence-electron chi connectivity index (χ3n) is 4.70. The molecule has 0 atom stereocenters. The average molecular weight is 355 g/mol. The second-order valence-corrected chi connectivity index (χ2v) is 6.38. The van der Waals surface area contributed by atoms with Crippen LogP contribution >= 0.6 is 0 Å². The number of nitrogens with one attached hydrogen (secondary N) is 1. The predicted molar refractivity (Wildman–Crippen MR) is 86.1 cm³/mol. The molecule has 1 aliphatic heterocycles. The lowest BCUT2D eigenvalue weighted by molar-refractivity contribution is -0.138. The van der Waals surface area contributed by atoms with Crippen molar-refractivity contribution in [1.82, 2.24) is 25.2 Å². The van der Waals surface area contributed by atoms with Crippen LogP contribution in [0.4, 0.5) is 13.2 Å². The number of hydrogen-bond acceptors (Lipinski definition) is 4. The number of fused-ring (bicyclic) bond motifs is 1. The van der Waals surface area contributed by atoms with Gasteiger partial charge in [-0.1, -0.05) is 0 Å². The average Bonchev–Trinajstić information content (AvgIpc) is 3.06. The molecule has 3 rings (SSSR count). The Bertz CT molecular complexity index is 737. The fraction of sp³-hybridized carbons (Fsp3) is 0.562. The molecule has 0 bridgehead atoms. The van der Waals surface area contributed by atoms with Gasteiger partial charge in [0.15, 0.2) is 0 Å². The normalized spacial score (nSPS) is 17.1. The summed E-state index contributed by atoms with van der Waals surface area (Å²) in [6.07, 6.45) is -3.56. The third-order valence-corrected chi connectivity index (χ3v) is 4.70. The van der Waals surface area contributed by atoms with Gasteiger partial charge in [0.25, 0.3) is 5.91 Å². The van der Waals surface area contributed by atoms with E-state index < -0.39 is 12.6 Å². The van der Waals surface area contributed by atoms with Crippen molar-refractivity contribution < 1.29 is 18.0 Å². The Hall–Kier alpha value is -2.16. The van der Waals surface area contributed by atoms with Crippen LogP contribution in [0.2, 0.25) is 0 Å². The van der Waals surface area contributed by atoms with Gasteiger partial charge in [-0.2, -0.15) is 28.6 Å². The van der Waals surface area contributed by atoms with Gasteiger partial charge in [0.05, 0.1) is 6.42 Å². The van der Waals surface area contributed by atoms with Crippen LogP contribution < -0.4 is 0 Å². The van der Waals surface area contributed by atoms with E-state index in [1.54, 1.807) is 30.1 Å². The number of carbonyl (C=O) groups excluding carboxylic acids is 1. The van der Waals surface area contributed by atoms with Crippen LogP contribution in [0.25, 0.3) is 11.0 Å². The molecule has 1 saturated heterocycles. The van der Waals surface area contributed by atoms with Crippen LogP contribution in [0, 0.1) is 0 Å². The topological polar surface area (TPSA) is 65.1 Å². The standard InChI is InChI=1S/C16H20F3N5O/c1-23(12-4-7-24(8-5-12)9-6-16(17,18)19)15(25)11-2-3-13-14(10-11)21-22-20-13/h2-3,10,12H,4-9H2,1H3,(H,20,21,22). The summed E-state index contributed by atoms with van der Waals surface area (Å²) in [5.41, 5.74) is 1.85. The molecule has 1 amide bonds. The van der Waals surface area contributed by atoms with Crippen LogP contribution in [0.3, 0.4) is 0 Å². The number of halogens is 3. The Balaban J connectivity index is 1.56. The number of H-pyrrole nitrogens is 1. The second kappa shape index (κ2) is 6.99. The molecule has 136 valence electrons. The highest BCUT2D eigenvalue weighted by atomic mass is 19.4. The van der Waals surface area contributed by atoms with Gasteiger partial charge in [0.1, 0.15) is 11.0 Å². The van der Waals surface area contributed by atoms with Gasteiger partial charge in [0, 0.05) is 38.3 Å². The first kappa shape index (κ1) is 17.7. The number of aromatic amines is 1. The first-order valence-electron chi connectivity index (χ1n) is 8.20. The monoisotopic (exact) mass is 355 g/mol. The van der Waals surface area contributed by atoms with Crippen molar-refractivity contribution >= 4 is 16.9 Å². The highest BCUT2D eigenvalue weighted by Gasteiger charge is 2.30. The summed E-state index contributed by atoms with van der Waals surface area (Å²) in [6, 6.07) is 5.17. The number of likely N-dealkylation sites (tertiary alicyclic amines) is 1. The van der Waals surface area contributed by atoms with Gasteiger partial charge in [-0.05, 0) is 31.0 Å². The molecule has 0 unspecified atom stereocenters. The summed E-state index contributed by atoms with van der Waals surface area (Å²) in [5.74, 6) is -0.112. The molecule has 6 nitrogen and oxygen atoms in total. The summed E-state index contributed by atoms with van der Waals surface area (Å²) in [7, 11) is 1.74. The lowest BCUT2D eigenvalue weighted by Crippen LogP contribution is -2.46. The Morgan fingerprint density at radius 2 is 1.96 bits per heavy atom. The second-order valence-electron chi connectivity index (χ2n) is 6.38. The summed E-state index contributed by atoms with van der Waals surface area (Å²) in [5, 5.41) is 10.4. The lowest BCUT2D eigenvalue weighted by Gasteiger charge is -2.36. The minimum atomic E-state index is -4.12. The molecule has 1 aromatic carbocycles. The molecule has 0 radical (unpaired) electrons. The van der Waals surface area contributed by atoms with E-state index in [1.807, 2.05) is 4.90 Å². The number of carbonyl (C=O) groups is 1. The van der Waals surface area contributed by atoms with Crippen LogP contribution in [0.1, 0.15) is 29.6 Å². The zero-order chi connectivity index (χ0) is 18.0. The molecule has 1 N–H and O–H groups in total. The molecule has 1 aliphatic rings. The predicted octanol–water partition coefficient (Wildman–Crippen LogP) is 2.45. The number of piperidine rings is 1. The minimum Gasteiger partial charge on any atom is -0.339 e. The molecular weight excluding hydrogens is 335 g/mol. The number of benzene rings is 1. The third kappa shape index (κ3) is 4.28. The minimum absolute atomic E-state index is 0.0245. The van der Waals surface area contributed by atoms with Gasteiger partial charge < -0.3 is 9.80 Å². The molecule has 25 heavy (non-hydrogen) atoms. The van der Waals surface area contributed by atoms with Gasteiger partial charge >= 0.3 is 6.18 Å². The SMILES string of the molecule is CN(C(=O)c1ccc2n[nH]nc2c1)C1CCN(CCC(F)(F)F)CC1. The first-order chi connectivity index (χ1) is 11.8. The Kier molecular flexibility index (Phi) is 4.94. The van der Waals surface area contributed by atoms with E-state index >= 15 is 0 Å². The molecule has 1 fully saturated rings. The molecule has 2 aromatic rings. The van der Waals surface area contributed by atoms with E-state index in [2.05, 4.69) is 15.4 Å². The molecule has 0 aliphatic carbocycles. The number of aromatic nitrogens is 3. The number of nitrogens with zero attached hydrogens (tertiary/aromatic N) is 4. The van der Waals surface area contributed by atoms with Gasteiger partial charge in [-0.15, -0.1) is 0 Å². The molecule has 2 heterocycles. The molecular formula is C16H20F3N5O. The van der Waals surface area contributed by atoms with Gasteiger partial charge in [0.2, 0.25) is 0 Å². The van der Waals surface area contributed by atoms with Crippen molar-refractivity contribution in [2.75, 3.05) is 26.7 Å². The van der Waals surface area contributed by atoms with Crippen molar-refractivity contribution in [3.63, 3.8) is 0 Å². The van der Waals surface area contributed by atoms with Crippen molar-refractivity contribution in [3.8, 4) is 0 Å². The van der Waals surface area contributed by atoms with Crippen molar-refractivity contribution in [1.29, 1.82) is 0 Å². The fourth-order valence-corrected chi connectivity index (χ4v) is 3.16. The number of amides is 1. The van der Waals surface area contributed by atoms with Gasteiger partial charge in [-0.25, -0.2) is 0 Å². The number of alkyl halides is 3. The molecule has 0 spiro atoms. The van der Waals surface area contributed by atoms with Crippen LogP contribution in [-0.4, -0.2) is 70.0 Å². The van der Waals surface area contributed by atoms with Crippen molar-refractivity contribution in [3.05, 3.63) is 23.8 Å². The summed E-state index contributed by atoms with van der Waals surface area (Å²) >= 11 is 0. The maximum absolute atomic E-state index is 12.7. The largest absolute Gasteiger partial charge is 0.390 e. The maximum Gasteiger partial charge on any atom is 0.390 e. The van der Waals surface area contributed by atoms with Crippen LogP contribution in [0.15, 0.2) is 18.2 Å². The summed E-state index contributed by atoms with van der Waals surface area (Å²) in [4.78, 5) is 16.1. The fourth-order valence-electron chi connectivity index (χ4n) is 3.16. The first-order valence-corrected chi connectivity index (χ1v) is 8.20. The van der Waals surface area contributed by atoms with E-state index in [0.717, 1.165) is 0 Å². The maximum atomic E-state index is 12.7.